The largest absolute Gasteiger partial charge is 0.493 e. The molecular formula is C19H26N2O2. The van der Waals surface area contributed by atoms with E-state index in [1.54, 1.807) is 12.4 Å². The summed E-state index contributed by atoms with van der Waals surface area (Å²) in [6.45, 7) is 7.58. The molecule has 23 heavy (non-hydrogen) atoms. The molecule has 2 rings (SSSR count). The summed E-state index contributed by atoms with van der Waals surface area (Å²) in [5.74, 6) is 1.41. The van der Waals surface area contributed by atoms with Gasteiger partial charge in [-0.15, -0.1) is 0 Å². The highest BCUT2D eigenvalue weighted by Crippen LogP contribution is 2.19. The Morgan fingerprint density at radius 1 is 1.00 bits per heavy atom. The van der Waals surface area contributed by atoms with Crippen molar-refractivity contribution in [1.29, 1.82) is 0 Å². The van der Waals surface area contributed by atoms with E-state index in [0.29, 0.717) is 12.5 Å². The van der Waals surface area contributed by atoms with E-state index in [0.717, 1.165) is 17.9 Å². The molecule has 4 nitrogen and oxygen atoms in total. The lowest BCUT2D eigenvalue weighted by atomic mass is 10.1. The van der Waals surface area contributed by atoms with Crippen molar-refractivity contribution in [2.45, 2.75) is 32.9 Å². The number of hydrogen-bond donors (Lipinski definition) is 2. The van der Waals surface area contributed by atoms with Gasteiger partial charge in [-0.3, -0.25) is 4.98 Å². The molecule has 0 amide bonds. The van der Waals surface area contributed by atoms with E-state index in [9.17, 15) is 5.11 Å². The minimum Gasteiger partial charge on any atom is -0.493 e. The minimum atomic E-state index is -0.533. The Kier molecular flexibility index (Phi) is 6.56. The van der Waals surface area contributed by atoms with Crippen LogP contribution in [0.25, 0.3) is 0 Å². The van der Waals surface area contributed by atoms with Crippen LogP contribution in [0.1, 0.15) is 44.0 Å². The smallest absolute Gasteiger partial charge is 0.119 e. The predicted octanol–water partition coefficient (Wildman–Crippen LogP) is 3.50. The zero-order valence-corrected chi connectivity index (χ0v) is 14.1. The first kappa shape index (κ1) is 17.4. The Morgan fingerprint density at radius 3 is 2.26 bits per heavy atom. The van der Waals surface area contributed by atoms with Gasteiger partial charge in [0, 0.05) is 25.0 Å². The topological polar surface area (TPSA) is 54.4 Å². The third kappa shape index (κ3) is 5.66. The Labute approximate surface area is 138 Å². The molecule has 2 N–H and O–H groups in total. The van der Waals surface area contributed by atoms with Crippen LogP contribution in [0.2, 0.25) is 0 Å². The number of benzene rings is 1. The predicted molar refractivity (Wildman–Crippen MR) is 92.4 cm³/mol. The number of aliphatic hydroxyl groups excluding tert-OH is 1. The minimum absolute atomic E-state index is 0.158. The summed E-state index contributed by atoms with van der Waals surface area (Å²) >= 11 is 0. The van der Waals surface area contributed by atoms with E-state index in [4.69, 9.17) is 4.74 Å². The number of ether oxygens (including phenoxy) is 1. The van der Waals surface area contributed by atoms with Crippen LogP contribution in [0.5, 0.6) is 5.75 Å². The van der Waals surface area contributed by atoms with Crippen molar-refractivity contribution in [1.82, 2.24) is 10.3 Å². The van der Waals surface area contributed by atoms with Crippen molar-refractivity contribution in [3.8, 4) is 5.75 Å². The number of hydrogen-bond acceptors (Lipinski definition) is 4. The van der Waals surface area contributed by atoms with Crippen LogP contribution in [0.3, 0.4) is 0 Å². The van der Waals surface area contributed by atoms with Crippen LogP contribution in [-0.2, 0) is 0 Å². The highest BCUT2D eigenvalue weighted by molar-refractivity contribution is 5.29. The fourth-order valence-corrected chi connectivity index (χ4v) is 2.23. The van der Waals surface area contributed by atoms with E-state index in [2.05, 4.69) is 43.2 Å². The number of nitrogens with zero attached hydrogens (tertiary/aromatic N) is 1. The highest BCUT2D eigenvalue weighted by Gasteiger charge is 2.10. The number of pyridine rings is 1. The second kappa shape index (κ2) is 8.65. The zero-order valence-electron chi connectivity index (χ0n) is 14.1. The first-order valence-electron chi connectivity index (χ1n) is 8.10. The van der Waals surface area contributed by atoms with Gasteiger partial charge in [-0.2, -0.15) is 0 Å². The quantitative estimate of drug-likeness (QED) is 0.783. The van der Waals surface area contributed by atoms with Gasteiger partial charge in [0.25, 0.3) is 0 Å². The van der Waals surface area contributed by atoms with Gasteiger partial charge in [-0.05, 0) is 48.2 Å². The van der Waals surface area contributed by atoms with E-state index in [1.807, 2.05) is 24.3 Å². The van der Waals surface area contributed by atoms with Crippen LogP contribution in [0.4, 0.5) is 0 Å². The standard InChI is InChI=1S/C19H26N2O2/c1-14(2)13-23-18-6-4-16(5-7-18)15(3)21-12-19(22)17-8-10-20-11-9-17/h4-11,14-15,19,21-22H,12-13H2,1-3H3. The van der Waals surface area contributed by atoms with Gasteiger partial charge in [-0.25, -0.2) is 0 Å². The zero-order chi connectivity index (χ0) is 16.7. The molecule has 0 saturated carbocycles. The fraction of sp³-hybridized carbons (Fsp3) is 0.421. The Hall–Kier alpha value is -1.91. The Morgan fingerprint density at radius 2 is 1.65 bits per heavy atom. The number of nitrogens with one attached hydrogen (secondary N) is 1. The summed E-state index contributed by atoms with van der Waals surface area (Å²) in [4.78, 5) is 3.96. The lowest BCUT2D eigenvalue weighted by Crippen LogP contribution is -2.24. The molecule has 2 unspecified atom stereocenters. The maximum absolute atomic E-state index is 10.2. The van der Waals surface area contributed by atoms with Gasteiger partial charge >= 0.3 is 0 Å². The second-order valence-electron chi connectivity index (χ2n) is 6.20. The van der Waals surface area contributed by atoms with Gasteiger partial charge in [-0.1, -0.05) is 26.0 Å². The number of rotatable bonds is 8. The van der Waals surface area contributed by atoms with E-state index in [1.165, 1.54) is 5.56 Å². The van der Waals surface area contributed by atoms with Gasteiger partial charge in [0.2, 0.25) is 0 Å². The Balaban J connectivity index is 1.84. The highest BCUT2D eigenvalue weighted by atomic mass is 16.5. The van der Waals surface area contributed by atoms with Crippen molar-refractivity contribution in [2.75, 3.05) is 13.2 Å². The van der Waals surface area contributed by atoms with Gasteiger partial charge < -0.3 is 15.2 Å². The molecule has 2 aromatic rings. The van der Waals surface area contributed by atoms with Crippen molar-refractivity contribution in [3.63, 3.8) is 0 Å². The molecule has 0 saturated heterocycles. The van der Waals surface area contributed by atoms with Crippen LogP contribution in [-0.4, -0.2) is 23.2 Å². The molecule has 1 aromatic carbocycles. The summed E-state index contributed by atoms with van der Waals surface area (Å²) < 4.78 is 5.69. The van der Waals surface area contributed by atoms with Gasteiger partial charge in [0.05, 0.1) is 12.7 Å². The first-order valence-corrected chi connectivity index (χ1v) is 8.10. The van der Waals surface area contributed by atoms with E-state index < -0.39 is 6.10 Å². The molecule has 0 fully saturated rings. The van der Waals surface area contributed by atoms with Crippen LogP contribution >= 0.6 is 0 Å². The first-order chi connectivity index (χ1) is 11.1. The van der Waals surface area contributed by atoms with Crippen molar-refractivity contribution < 1.29 is 9.84 Å². The molecule has 0 aliphatic rings. The molecular weight excluding hydrogens is 288 g/mol. The third-order valence-corrected chi connectivity index (χ3v) is 3.67. The van der Waals surface area contributed by atoms with Gasteiger partial charge in [0.1, 0.15) is 5.75 Å². The van der Waals surface area contributed by atoms with Gasteiger partial charge in [0.15, 0.2) is 0 Å². The molecule has 124 valence electrons. The van der Waals surface area contributed by atoms with Crippen molar-refractivity contribution in [2.24, 2.45) is 5.92 Å². The molecule has 4 heteroatoms. The van der Waals surface area contributed by atoms with Crippen molar-refractivity contribution in [3.05, 3.63) is 59.9 Å². The summed E-state index contributed by atoms with van der Waals surface area (Å²) in [7, 11) is 0. The summed E-state index contributed by atoms with van der Waals surface area (Å²) in [5.41, 5.74) is 2.04. The van der Waals surface area contributed by atoms with Crippen LogP contribution in [0.15, 0.2) is 48.8 Å². The molecule has 2 atom stereocenters. The molecule has 0 bridgehead atoms. The monoisotopic (exact) mass is 314 g/mol. The summed E-state index contributed by atoms with van der Waals surface area (Å²) in [6, 6.07) is 11.9. The lowest BCUT2D eigenvalue weighted by molar-refractivity contribution is 0.170. The van der Waals surface area contributed by atoms with E-state index >= 15 is 0 Å². The molecule has 0 spiro atoms. The average molecular weight is 314 g/mol. The lowest BCUT2D eigenvalue weighted by Gasteiger charge is -2.18. The average Bonchev–Trinajstić information content (AvgIpc) is 2.58. The van der Waals surface area contributed by atoms with Crippen molar-refractivity contribution >= 4 is 0 Å². The number of aliphatic hydroxyl groups is 1. The molecule has 1 aromatic heterocycles. The fourth-order valence-electron chi connectivity index (χ4n) is 2.23. The molecule has 0 aliphatic heterocycles. The Bertz CT molecular complexity index is 570. The van der Waals surface area contributed by atoms with Crippen LogP contribution in [0, 0.1) is 5.92 Å². The maximum Gasteiger partial charge on any atom is 0.119 e. The molecule has 0 radical (unpaired) electrons. The summed E-state index contributed by atoms with van der Waals surface area (Å²) in [5, 5.41) is 13.5. The summed E-state index contributed by atoms with van der Waals surface area (Å²) in [6.07, 6.45) is 2.85. The molecule has 1 heterocycles. The van der Waals surface area contributed by atoms with Crippen LogP contribution < -0.4 is 10.1 Å². The SMILES string of the molecule is CC(C)COc1ccc(C(C)NCC(O)c2ccncc2)cc1. The third-order valence-electron chi connectivity index (χ3n) is 3.67. The normalized spacial score (nSPS) is 13.8. The maximum atomic E-state index is 10.2. The number of aromatic nitrogens is 1. The second-order valence-corrected chi connectivity index (χ2v) is 6.20. The molecule has 0 aliphatic carbocycles. The van der Waals surface area contributed by atoms with E-state index in [-0.39, 0.29) is 6.04 Å².